The average Bonchev–Trinajstić information content (AvgIpc) is 2.15. The van der Waals surface area contributed by atoms with Gasteiger partial charge >= 0.3 is 6.18 Å². The van der Waals surface area contributed by atoms with Gasteiger partial charge in [-0.1, -0.05) is 6.58 Å². The van der Waals surface area contributed by atoms with Crippen molar-refractivity contribution in [1.29, 1.82) is 0 Å². The molecule has 0 aromatic carbocycles. The normalized spacial score (nSPS) is 11.3. The lowest BCUT2D eigenvalue weighted by Gasteiger charge is -2.10. The van der Waals surface area contributed by atoms with Crippen molar-refractivity contribution in [2.24, 2.45) is 0 Å². The Morgan fingerprint density at radius 3 is 2.47 bits per heavy atom. The number of methoxy groups -OCH3 is 1. The van der Waals surface area contributed by atoms with E-state index in [-0.39, 0.29) is 5.82 Å². The zero-order chi connectivity index (χ0) is 11.6. The lowest BCUT2D eigenvalue weighted by atomic mass is 10.3. The first-order valence-electron chi connectivity index (χ1n) is 4.00. The maximum Gasteiger partial charge on any atom is 0.423 e. The van der Waals surface area contributed by atoms with Crippen LogP contribution in [0.25, 0.3) is 5.57 Å². The molecule has 1 rings (SSSR count). The number of alkyl halides is 3. The minimum Gasteiger partial charge on any atom is -0.480 e. The Bertz CT molecular complexity index is 387. The topological polar surface area (TPSA) is 35.0 Å². The molecule has 82 valence electrons. The van der Waals surface area contributed by atoms with Crippen LogP contribution in [0, 0.1) is 0 Å². The first-order valence-corrected chi connectivity index (χ1v) is 4.00. The largest absolute Gasteiger partial charge is 0.480 e. The molecule has 0 amide bonds. The summed E-state index contributed by atoms with van der Waals surface area (Å²) >= 11 is 0. The van der Waals surface area contributed by atoms with E-state index in [2.05, 4.69) is 21.3 Å². The third kappa shape index (κ3) is 2.45. The Hall–Kier alpha value is -1.59. The molecular weight excluding hydrogens is 209 g/mol. The highest BCUT2D eigenvalue weighted by Crippen LogP contribution is 2.34. The average molecular weight is 218 g/mol. The highest BCUT2D eigenvalue weighted by molar-refractivity contribution is 5.54. The maximum absolute atomic E-state index is 12.4. The predicted molar refractivity (Wildman–Crippen MR) is 48.3 cm³/mol. The van der Waals surface area contributed by atoms with Crippen molar-refractivity contribution in [1.82, 2.24) is 9.97 Å². The van der Waals surface area contributed by atoms with Crippen LogP contribution in [0.1, 0.15) is 18.3 Å². The van der Waals surface area contributed by atoms with Gasteiger partial charge in [0.15, 0.2) is 5.82 Å². The standard InChI is InChI=1S/C9H9F3N2O/c1-5(2)7-13-4-6(9(10,11)12)8(14-7)15-3/h4H,1H2,2-3H3. The molecule has 0 N–H and O–H groups in total. The number of nitrogens with zero attached hydrogens (tertiary/aromatic N) is 2. The predicted octanol–water partition coefficient (Wildman–Crippen LogP) is 2.54. The van der Waals surface area contributed by atoms with Gasteiger partial charge in [-0.15, -0.1) is 0 Å². The second-order valence-electron chi connectivity index (χ2n) is 2.89. The van der Waals surface area contributed by atoms with Gasteiger partial charge in [-0.25, -0.2) is 4.98 Å². The fraction of sp³-hybridized carbons (Fsp3) is 0.333. The molecule has 0 spiro atoms. The lowest BCUT2D eigenvalue weighted by molar-refractivity contribution is -0.139. The van der Waals surface area contributed by atoms with Crippen LogP contribution in [-0.4, -0.2) is 17.1 Å². The van der Waals surface area contributed by atoms with Crippen molar-refractivity contribution in [3.63, 3.8) is 0 Å². The first kappa shape index (κ1) is 11.5. The van der Waals surface area contributed by atoms with E-state index in [1.165, 1.54) is 0 Å². The van der Waals surface area contributed by atoms with Crippen LogP contribution in [0.5, 0.6) is 5.88 Å². The minimum atomic E-state index is -4.51. The highest BCUT2D eigenvalue weighted by Gasteiger charge is 2.36. The van der Waals surface area contributed by atoms with Crippen molar-refractivity contribution in [3.8, 4) is 5.88 Å². The molecular formula is C9H9F3N2O. The van der Waals surface area contributed by atoms with Gasteiger partial charge in [0.05, 0.1) is 7.11 Å². The number of aromatic nitrogens is 2. The summed E-state index contributed by atoms with van der Waals surface area (Å²) in [5, 5.41) is 0. The summed E-state index contributed by atoms with van der Waals surface area (Å²) in [5.41, 5.74) is -0.517. The lowest BCUT2D eigenvalue weighted by Crippen LogP contribution is -2.10. The molecule has 0 aliphatic rings. The van der Waals surface area contributed by atoms with Gasteiger partial charge in [0.1, 0.15) is 5.56 Å². The van der Waals surface area contributed by atoms with Crippen molar-refractivity contribution in [3.05, 3.63) is 24.2 Å². The molecule has 1 aromatic rings. The second kappa shape index (κ2) is 3.88. The molecule has 3 nitrogen and oxygen atoms in total. The van der Waals surface area contributed by atoms with Crippen LogP contribution in [0.2, 0.25) is 0 Å². The van der Waals surface area contributed by atoms with Gasteiger partial charge in [0.25, 0.3) is 0 Å². The minimum absolute atomic E-state index is 0.139. The summed E-state index contributed by atoms with van der Waals surface area (Å²) in [7, 11) is 1.12. The molecule has 0 saturated carbocycles. The maximum atomic E-state index is 12.4. The van der Waals surface area contributed by atoms with Crippen LogP contribution < -0.4 is 4.74 Å². The smallest absolute Gasteiger partial charge is 0.423 e. The highest BCUT2D eigenvalue weighted by atomic mass is 19.4. The Balaban J connectivity index is 3.27. The van der Waals surface area contributed by atoms with E-state index in [0.717, 1.165) is 7.11 Å². The van der Waals surface area contributed by atoms with E-state index < -0.39 is 17.6 Å². The van der Waals surface area contributed by atoms with Crippen LogP contribution in [0.15, 0.2) is 12.8 Å². The van der Waals surface area contributed by atoms with Gasteiger partial charge < -0.3 is 4.74 Å². The van der Waals surface area contributed by atoms with E-state index in [0.29, 0.717) is 11.8 Å². The summed E-state index contributed by atoms with van der Waals surface area (Å²) in [6, 6.07) is 0. The van der Waals surface area contributed by atoms with E-state index in [1.807, 2.05) is 0 Å². The zero-order valence-corrected chi connectivity index (χ0v) is 8.22. The Morgan fingerprint density at radius 2 is 2.07 bits per heavy atom. The summed E-state index contributed by atoms with van der Waals surface area (Å²) in [4.78, 5) is 7.15. The van der Waals surface area contributed by atoms with Gasteiger partial charge in [-0.05, 0) is 12.5 Å². The Kier molecular flexibility index (Phi) is 2.97. The van der Waals surface area contributed by atoms with Crippen molar-refractivity contribution in [2.45, 2.75) is 13.1 Å². The molecule has 6 heteroatoms. The molecule has 0 aliphatic heterocycles. The number of allylic oxidation sites excluding steroid dienone is 1. The summed E-state index contributed by atoms with van der Waals surface area (Å²) in [5.74, 6) is -0.352. The third-order valence-electron chi connectivity index (χ3n) is 1.63. The van der Waals surface area contributed by atoms with Crippen molar-refractivity contribution < 1.29 is 17.9 Å². The molecule has 0 fully saturated rings. The number of halogens is 3. The molecule has 1 aromatic heterocycles. The quantitative estimate of drug-likeness (QED) is 0.765. The summed E-state index contributed by atoms with van der Waals surface area (Å²) < 4.78 is 41.7. The molecule has 1 heterocycles. The number of ether oxygens (including phenoxy) is 1. The van der Waals surface area contributed by atoms with Gasteiger partial charge in [-0.2, -0.15) is 18.2 Å². The first-order chi connectivity index (χ1) is 6.86. The zero-order valence-electron chi connectivity index (χ0n) is 8.22. The summed E-state index contributed by atoms with van der Waals surface area (Å²) in [6.07, 6.45) is -3.82. The fourth-order valence-corrected chi connectivity index (χ4v) is 0.922. The fourth-order valence-electron chi connectivity index (χ4n) is 0.922. The molecule has 0 bridgehead atoms. The van der Waals surface area contributed by atoms with Crippen LogP contribution in [-0.2, 0) is 6.18 Å². The Morgan fingerprint density at radius 1 is 1.47 bits per heavy atom. The van der Waals surface area contributed by atoms with E-state index in [9.17, 15) is 13.2 Å². The second-order valence-corrected chi connectivity index (χ2v) is 2.89. The van der Waals surface area contributed by atoms with Crippen LogP contribution >= 0.6 is 0 Å². The number of rotatable bonds is 2. The van der Waals surface area contributed by atoms with Crippen LogP contribution in [0.4, 0.5) is 13.2 Å². The molecule has 0 unspecified atom stereocenters. The number of hydrogen-bond donors (Lipinski definition) is 0. The molecule has 0 aliphatic carbocycles. The number of hydrogen-bond acceptors (Lipinski definition) is 3. The van der Waals surface area contributed by atoms with Crippen molar-refractivity contribution >= 4 is 5.57 Å². The van der Waals surface area contributed by atoms with Crippen LogP contribution in [0.3, 0.4) is 0 Å². The van der Waals surface area contributed by atoms with E-state index in [1.54, 1.807) is 6.92 Å². The van der Waals surface area contributed by atoms with E-state index in [4.69, 9.17) is 0 Å². The van der Waals surface area contributed by atoms with Crippen molar-refractivity contribution in [2.75, 3.05) is 7.11 Å². The molecule has 0 saturated heterocycles. The summed E-state index contributed by atoms with van der Waals surface area (Å²) in [6.45, 7) is 5.13. The van der Waals surface area contributed by atoms with Gasteiger partial charge in [-0.3, -0.25) is 0 Å². The van der Waals surface area contributed by atoms with Gasteiger partial charge in [0, 0.05) is 6.20 Å². The SMILES string of the molecule is C=C(C)c1ncc(C(F)(F)F)c(OC)n1. The van der Waals surface area contributed by atoms with E-state index >= 15 is 0 Å². The monoisotopic (exact) mass is 218 g/mol. The molecule has 0 radical (unpaired) electrons. The Labute approximate surface area is 84.6 Å². The molecule has 15 heavy (non-hydrogen) atoms. The third-order valence-corrected chi connectivity index (χ3v) is 1.63. The van der Waals surface area contributed by atoms with Gasteiger partial charge in [0.2, 0.25) is 5.88 Å². The molecule has 0 atom stereocenters.